The largest absolute Gasteiger partial charge is 0.192 e. The Morgan fingerprint density at radius 1 is 1.25 bits per heavy atom. The summed E-state index contributed by atoms with van der Waals surface area (Å²) in [6, 6.07) is 0. The first kappa shape index (κ1) is 12.9. The van der Waals surface area contributed by atoms with Crippen LogP contribution in [-0.4, -0.2) is 8.67 Å². The van der Waals surface area contributed by atoms with E-state index in [9.17, 15) is 0 Å². The predicted octanol–water partition coefficient (Wildman–Crippen LogP) is 4.71. The zero-order valence-corrected chi connectivity index (χ0v) is 9.94. The van der Waals surface area contributed by atoms with Gasteiger partial charge >= 0.3 is 0 Å². The van der Waals surface area contributed by atoms with Gasteiger partial charge in [-0.15, -0.1) is 18.2 Å². The van der Waals surface area contributed by atoms with Gasteiger partial charge in [-0.05, 0) is 19.8 Å². The van der Waals surface area contributed by atoms with Crippen molar-refractivity contribution in [3.63, 3.8) is 0 Å². The van der Waals surface area contributed by atoms with Crippen molar-refractivity contribution in [1.29, 1.82) is 0 Å². The normalized spacial score (nSPS) is 17.1. The third kappa shape index (κ3) is 7.54. The van der Waals surface area contributed by atoms with Crippen LogP contribution in [0, 0.1) is 0 Å². The molecule has 72 valence electrons. The molecule has 0 fully saturated rings. The maximum Gasteiger partial charge on any atom is 0.192 e. The van der Waals surface area contributed by atoms with Crippen molar-refractivity contribution in [3.8, 4) is 0 Å². The summed E-state index contributed by atoms with van der Waals surface area (Å²) in [7, 11) is 0. The van der Waals surface area contributed by atoms with E-state index in [1.54, 1.807) is 6.08 Å². The molecule has 0 saturated carbocycles. The van der Waals surface area contributed by atoms with Crippen LogP contribution in [0.25, 0.3) is 0 Å². The Bertz CT molecular complexity index is 146. The Morgan fingerprint density at radius 3 is 2.08 bits per heavy atom. The van der Waals surface area contributed by atoms with Gasteiger partial charge in [0.2, 0.25) is 0 Å². The standard InChI is InChI=1S/C8H12Cl4/c1-3-4-5-7(2,9)6-8(10,11)12/h3H,1,4-6H2,2H3. The fraction of sp³-hybridized carbons (Fsp3) is 0.750. The lowest BCUT2D eigenvalue weighted by molar-refractivity contribution is 0.543. The van der Waals surface area contributed by atoms with Gasteiger partial charge in [0.15, 0.2) is 3.79 Å². The van der Waals surface area contributed by atoms with Gasteiger partial charge in [-0.1, -0.05) is 40.9 Å². The summed E-state index contributed by atoms with van der Waals surface area (Å²) in [6.07, 6.45) is 3.76. The van der Waals surface area contributed by atoms with Crippen LogP contribution in [0.4, 0.5) is 0 Å². The van der Waals surface area contributed by atoms with Gasteiger partial charge in [0.25, 0.3) is 0 Å². The molecule has 0 aromatic heterocycles. The zero-order chi connectivity index (χ0) is 9.83. The van der Waals surface area contributed by atoms with Gasteiger partial charge in [0.05, 0.1) is 0 Å². The summed E-state index contributed by atoms with van der Waals surface area (Å²) in [5.41, 5.74) is 0. The smallest absolute Gasteiger partial charge is 0.119 e. The van der Waals surface area contributed by atoms with Crippen molar-refractivity contribution in [2.45, 2.75) is 34.9 Å². The van der Waals surface area contributed by atoms with Gasteiger partial charge in [-0.3, -0.25) is 0 Å². The second kappa shape index (κ2) is 4.95. The molecule has 0 bridgehead atoms. The number of rotatable bonds is 4. The first-order chi connectivity index (χ1) is 5.27. The Hall–Kier alpha value is 0.900. The van der Waals surface area contributed by atoms with E-state index in [2.05, 4.69) is 6.58 Å². The molecule has 0 heterocycles. The number of hydrogen-bond acceptors (Lipinski definition) is 0. The first-order valence-electron chi connectivity index (χ1n) is 3.63. The minimum atomic E-state index is -1.27. The molecule has 0 aliphatic rings. The van der Waals surface area contributed by atoms with Crippen molar-refractivity contribution in [3.05, 3.63) is 12.7 Å². The number of allylic oxidation sites excluding steroid dienone is 1. The maximum absolute atomic E-state index is 6.10. The Morgan fingerprint density at radius 2 is 1.75 bits per heavy atom. The summed E-state index contributed by atoms with van der Waals surface area (Å²) >= 11 is 23.0. The number of hydrogen-bond donors (Lipinski definition) is 0. The molecule has 0 nitrogen and oxygen atoms in total. The Balaban J connectivity index is 3.94. The highest BCUT2D eigenvalue weighted by Crippen LogP contribution is 2.40. The predicted molar refractivity (Wildman–Crippen MR) is 58.6 cm³/mol. The second-order valence-electron chi connectivity index (χ2n) is 3.03. The topological polar surface area (TPSA) is 0 Å². The van der Waals surface area contributed by atoms with E-state index in [4.69, 9.17) is 46.4 Å². The molecule has 0 aliphatic heterocycles. The fourth-order valence-electron chi connectivity index (χ4n) is 0.909. The molecule has 0 saturated heterocycles. The molecule has 0 aliphatic carbocycles. The summed E-state index contributed by atoms with van der Waals surface area (Å²) in [4.78, 5) is -0.459. The van der Waals surface area contributed by atoms with E-state index in [1.807, 2.05) is 6.92 Å². The molecular formula is C8H12Cl4. The average molecular weight is 250 g/mol. The van der Waals surface area contributed by atoms with Gasteiger partial charge in [-0.25, -0.2) is 0 Å². The van der Waals surface area contributed by atoms with Gasteiger partial charge in [0, 0.05) is 11.3 Å². The third-order valence-electron chi connectivity index (χ3n) is 1.44. The molecule has 1 atom stereocenters. The van der Waals surface area contributed by atoms with Crippen LogP contribution in [-0.2, 0) is 0 Å². The number of halogens is 4. The monoisotopic (exact) mass is 248 g/mol. The highest BCUT2D eigenvalue weighted by atomic mass is 35.6. The van der Waals surface area contributed by atoms with E-state index in [0.29, 0.717) is 6.42 Å². The summed E-state index contributed by atoms with van der Waals surface area (Å²) in [5, 5.41) is 0. The van der Waals surface area contributed by atoms with E-state index < -0.39 is 8.67 Å². The molecule has 0 aromatic carbocycles. The summed E-state index contributed by atoms with van der Waals surface area (Å²) in [5.74, 6) is 0. The highest BCUT2D eigenvalue weighted by Gasteiger charge is 2.32. The van der Waals surface area contributed by atoms with Crippen LogP contribution in [0.3, 0.4) is 0 Å². The lowest BCUT2D eigenvalue weighted by Gasteiger charge is -2.25. The van der Waals surface area contributed by atoms with Crippen molar-refractivity contribution in [2.75, 3.05) is 0 Å². The van der Waals surface area contributed by atoms with Crippen molar-refractivity contribution < 1.29 is 0 Å². The van der Waals surface area contributed by atoms with Crippen LogP contribution in [0.15, 0.2) is 12.7 Å². The molecule has 1 unspecified atom stereocenters. The lowest BCUT2D eigenvalue weighted by Crippen LogP contribution is -2.23. The average Bonchev–Trinajstić information content (AvgIpc) is 1.78. The van der Waals surface area contributed by atoms with Crippen LogP contribution < -0.4 is 0 Å². The van der Waals surface area contributed by atoms with Crippen LogP contribution >= 0.6 is 46.4 Å². The van der Waals surface area contributed by atoms with Crippen molar-refractivity contribution in [1.82, 2.24) is 0 Å². The van der Waals surface area contributed by atoms with Crippen LogP contribution in [0.1, 0.15) is 26.2 Å². The first-order valence-corrected chi connectivity index (χ1v) is 5.14. The van der Waals surface area contributed by atoms with Gasteiger partial charge in [-0.2, -0.15) is 0 Å². The van der Waals surface area contributed by atoms with E-state index in [0.717, 1.165) is 12.8 Å². The minimum Gasteiger partial charge on any atom is -0.119 e. The molecular weight excluding hydrogens is 238 g/mol. The van der Waals surface area contributed by atoms with E-state index in [-0.39, 0.29) is 0 Å². The van der Waals surface area contributed by atoms with Crippen molar-refractivity contribution in [2.24, 2.45) is 0 Å². The molecule has 4 heteroatoms. The fourth-order valence-corrected chi connectivity index (χ4v) is 2.31. The highest BCUT2D eigenvalue weighted by molar-refractivity contribution is 6.67. The number of alkyl halides is 4. The summed E-state index contributed by atoms with van der Waals surface area (Å²) in [6.45, 7) is 5.46. The summed E-state index contributed by atoms with van der Waals surface area (Å²) < 4.78 is -1.27. The molecule has 0 amide bonds. The second-order valence-corrected chi connectivity index (χ2v) is 6.46. The third-order valence-corrected chi connectivity index (χ3v) is 2.16. The van der Waals surface area contributed by atoms with Crippen LogP contribution in [0.5, 0.6) is 0 Å². The van der Waals surface area contributed by atoms with E-state index in [1.165, 1.54) is 0 Å². The molecule has 0 aromatic rings. The van der Waals surface area contributed by atoms with Crippen LogP contribution in [0.2, 0.25) is 0 Å². The molecule has 12 heavy (non-hydrogen) atoms. The minimum absolute atomic E-state index is 0.347. The molecule has 0 rings (SSSR count). The SMILES string of the molecule is C=CCCC(C)(Cl)CC(Cl)(Cl)Cl. The maximum atomic E-state index is 6.10. The van der Waals surface area contributed by atoms with Gasteiger partial charge in [0.1, 0.15) is 0 Å². The Kier molecular flexibility index (Phi) is 5.32. The zero-order valence-electron chi connectivity index (χ0n) is 6.92. The van der Waals surface area contributed by atoms with Gasteiger partial charge < -0.3 is 0 Å². The Labute approximate surface area is 93.8 Å². The molecule has 0 spiro atoms. The quantitative estimate of drug-likeness (QED) is 0.500. The lowest BCUT2D eigenvalue weighted by atomic mass is 10.0. The molecule has 0 radical (unpaired) electrons. The molecule has 0 N–H and O–H groups in total. The van der Waals surface area contributed by atoms with Crippen molar-refractivity contribution >= 4 is 46.4 Å². The van der Waals surface area contributed by atoms with E-state index >= 15 is 0 Å².